The first-order valence-electron chi connectivity index (χ1n) is 36.2. The van der Waals surface area contributed by atoms with Gasteiger partial charge in [0.05, 0.1) is 108 Å². The maximum absolute atomic E-state index is 13.3. The Balaban J connectivity index is 0.000000213. The van der Waals surface area contributed by atoms with Gasteiger partial charge in [0.15, 0.2) is 46.5 Å². The molecule has 0 aliphatic carbocycles. The highest BCUT2D eigenvalue weighted by Crippen LogP contribution is 2.40. The summed E-state index contributed by atoms with van der Waals surface area (Å²) >= 11 is 0. The molecule has 0 radical (unpaired) electrons. The van der Waals surface area contributed by atoms with Crippen molar-refractivity contribution in [3.8, 4) is 45.0 Å². The predicted octanol–water partition coefficient (Wildman–Crippen LogP) is 13.3. The summed E-state index contributed by atoms with van der Waals surface area (Å²) in [5.41, 5.74) is 30.5. The van der Waals surface area contributed by atoms with Crippen LogP contribution in [0.25, 0.3) is 78.5 Å². The number of rotatable bonds is 15. The Kier molecular flexibility index (Phi) is 18.6. The van der Waals surface area contributed by atoms with Crippen LogP contribution in [0.4, 0.5) is 28.4 Å². The fourth-order valence-electron chi connectivity index (χ4n) is 14.5. The largest absolute Gasteiger partial charge is 0.370 e. The summed E-state index contributed by atoms with van der Waals surface area (Å²) in [4.78, 5) is 87.7. The van der Waals surface area contributed by atoms with Crippen molar-refractivity contribution in [2.24, 2.45) is 11.5 Å². The van der Waals surface area contributed by atoms with Crippen molar-refractivity contribution >= 4 is 109 Å². The number of carbonyl (C=O) groups excluding carboxylic acids is 3. The number of nitrogens with one attached hydrogen (secondary N) is 4. The van der Waals surface area contributed by atoms with Crippen molar-refractivity contribution in [3.63, 3.8) is 0 Å². The molecular formula is C80H94N18O9S3. The molecular weight excluding hydrogens is 1450 g/mol. The van der Waals surface area contributed by atoms with E-state index in [1.54, 1.807) is 172 Å². The standard InChI is InChI=1S/2C27H28N6O3S.C26H22N6O3S.8H2/c2*1-16(2)37(35,36)21-6-3-17(4-7-21)23-12-29-26-25(31-23)24(13-30-26)33-14-18-11-20(5-8-22(18)27(33)34)32-10-9-19(28)15-32;1-15(2)36(34,35)19-6-3-16(4-7-19)22-12-27-25-24(30-22)23(13-28-25)32-14-18-11-17(21-9-10-29-31-21)5-8-20(18)26(32)33;;;;;;;;/h2*3-8,11-13,16,19H,9-10,14-15,28H2,1-2H3,(H,29,30);3-13,15H,14H2,1-2H3,(H,27,28)(H,29,31);8*1H/t2*19-;;;;;;;;;/m10........./s1. The number of fused-ring (bicyclic) bond motifs is 6. The van der Waals surface area contributed by atoms with Crippen LogP contribution >= 0.6 is 0 Å². The molecule has 27 nitrogen and oxygen atoms in total. The highest BCUT2D eigenvalue weighted by Gasteiger charge is 2.36. The number of hydrogen-bond donors (Lipinski definition) is 6. The zero-order valence-electron chi connectivity index (χ0n) is 60.9. The minimum atomic E-state index is -3.36. The zero-order chi connectivity index (χ0) is 76.8. The van der Waals surface area contributed by atoms with E-state index >= 15 is 0 Å². The Labute approximate surface area is 645 Å². The van der Waals surface area contributed by atoms with Crippen molar-refractivity contribution < 1.29 is 51.1 Å². The Morgan fingerprint density at radius 2 is 0.755 bits per heavy atom. The molecule has 2 fully saturated rings. The first-order valence-corrected chi connectivity index (χ1v) is 40.8. The number of anilines is 5. The van der Waals surface area contributed by atoms with E-state index in [1.807, 2.05) is 48.5 Å². The number of benzene rings is 6. The second-order valence-electron chi connectivity index (χ2n) is 28.9. The first-order chi connectivity index (χ1) is 52.8. The van der Waals surface area contributed by atoms with Crippen LogP contribution in [0.2, 0.25) is 0 Å². The average molecular weight is 1550 g/mol. The number of H-pyrrole nitrogens is 4. The van der Waals surface area contributed by atoms with Gasteiger partial charge in [-0.2, -0.15) is 5.10 Å². The third kappa shape index (κ3) is 13.3. The maximum atomic E-state index is 13.3. The van der Waals surface area contributed by atoms with E-state index in [4.69, 9.17) is 26.4 Å². The number of aromatic nitrogens is 11. The third-order valence-electron chi connectivity index (χ3n) is 20.9. The van der Waals surface area contributed by atoms with Gasteiger partial charge in [0.1, 0.15) is 16.6 Å². The molecule has 0 bridgehead atoms. The number of nitrogens with zero attached hydrogens (tertiary/aromatic N) is 12. The Morgan fingerprint density at radius 3 is 1.06 bits per heavy atom. The second kappa shape index (κ2) is 28.3. The van der Waals surface area contributed by atoms with Gasteiger partial charge in [-0.25, -0.2) is 55.2 Å². The van der Waals surface area contributed by atoms with Crippen LogP contribution in [0.3, 0.4) is 0 Å². The predicted molar refractivity (Wildman–Crippen MR) is 440 cm³/mol. The summed E-state index contributed by atoms with van der Waals surface area (Å²) in [7, 11) is -10.1. The van der Waals surface area contributed by atoms with E-state index in [2.05, 4.69) is 62.0 Å². The summed E-state index contributed by atoms with van der Waals surface area (Å²) in [5, 5.41) is 5.46. The topological polar surface area (TPSA) is 375 Å². The number of carbonyl (C=O) groups is 3. The number of sulfone groups is 3. The third-order valence-corrected chi connectivity index (χ3v) is 27.4. The lowest BCUT2D eigenvalue weighted by Gasteiger charge is -2.18. The van der Waals surface area contributed by atoms with E-state index in [0.717, 1.165) is 95.0 Å². The highest BCUT2D eigenvalue weighted by molar-refractivity contribution is 7.92. The molecule has 0 unspecified atom stereocenters. The minimum absolute atomic E-state index is 0. The number of hydrogen-bond acceptors (Lipinski definition) is 20. The fourth-order valence-corrected chi connectivity index (χ4v) is 17.7. The van der Waals surface area contributed by atoms with Gasteiger partial charge in [-0.1, -0.05) is 42.5 Å². The molecule has 8 N–H and O–H groups in total. The van der Waals surface area contributed by atoms with Gasteiger partial charge in [0.2, 0.25) is 0 Å². The molecule has 7 aromatic heterocycles. The summed E-state index contributed by atoms with van der Waals surface area (Å²) < 4.78 is 74.8. The second-order valence-corrected chi connectivity index (χ2v) is 36.4. The number of amides is 3. The quantitative estimate of drug-likeness (QED) is 0.0555. The zero-order valence-corrected chi connectivity index (χ0v) is 63.4. The molecule has 2 atom stereocenters. The molecule has 2 saturated heterocycles. The number of aromatic amines is 4. The van der Waals surface area contributed by atoms with E-state index in [-0.39, 0.29) is 55.9 Å². The van der Waals surface area contributed by atoms with Crippen LogP contribution in [-0.4, -0.2) is 152 Å². The summed E-state index contributed by atoms with van der Waals surface area (Å²) in [5.74, 6) is -0.246. The normalized spacial score (nSPS) is 16.5. The van der Waals surface area contributed by atoms with Crippen LogP contribution in [0.1, 0.15) is 114 Å². The van der Waals surface area contributed by atoms with Crippen LogP contribution in [-0.2, 0) is 49.1 Å². The smallest absolute Gasteiger partial charge is 0.259 e. The highest BCUT2D eigenvalue weighted by atomic mass is 32.2. The Morgan fingerprint density at radius 1 is 0.427 bits per heavy atom. The average Bonchev–Trinajstić information content (AvgIpc) is 1.60. The fraction of sp³-hybridized carbons (Fsp3) is 0.250. The van der Waals surface area contributed by atoms with E-state index in [9.17, 15) is 39.6 Å². The van der Waals surface area contributed by atoms with Crippen LogP contribution < -0.4 is 36.0 Å². The van der Waals surface area contributed by atoms with Gasteiger partial charge in [-0.3, -0.25) is 19.5 Å². The van der Waals surface area contributed by atoms with Crippen molar-refractivity contribution in [2.45, 2.75) is 117 Å². The van der Waals surface area contributed by atoms with Gasteiger partial charge in [-0.15, -0.1) is 0 Å². The van der Waals surface area contributed by atoms with Crippen LogP contribution in [0.5, 0.6) is 0 Å². The molecule has 30 heteroatoms. The lowest BCUT2D eigenvalue weighted by atomic mass is 10.0. The molecule has 13 aromatic rings. The molecule has 110 heavy (non-hydrogen) atoms. The van der Waals surface area contributed by atoms with Gasteiger partial charge >= 0.3 is 0 Å². The lowest BCUT2D eigenvalue weighted by molar-refractivity contribution is 0.0989. The van der Waals surface area contributed by atoms with Crippen LogP contribution in [0, 0.1) is 0 Å². The molecule has 12 heterocycles. The van der Waals surface area contributed by atoms with Crippen molar-refractivity contribution in [1.82, 2.24) is 55.1 Å². The number of nitrogens with two attached hydrogens (primary N) is 2. The van der Waals surface area contributed by atoms with Crippen molar-refractivity contribution in [2.75, 3.05) is 50.7 Å². The molecule has 3 amide bonds. The summed E-state index contributed by atoms with van der Waals surface area (Å²) in [6, 6.07) is 39.9. The monoisotopic (exact) mass is 1550 g/mol. The van der Waals surface area contributed by atoms with Crippen molar-refractivity contribution in [3.05, 3.63) is 210 Å². The van der Waals surface area contributed by atoms with E-state index in [0.29, 0.717) is 104 Å². The SMILES string of the molecule is CC(C)S(=O)(=O)c1ccc(-c2cnc3[nH]cc(N4Cc5cc(-c6ccn[nH]6)ccc5C4=O)c3n2)cc1.CC(C)S(=O)(=O)c1ccc(-c2cnc3[nH]cc(N4Cc5cc(N6CC[C@@H](N)C6)ccc5C4=O)c3n2)cc1.CC(C)S(=O)(=O)c1ccc(-c2cnc3[nH]cc(N4Cc5cc(N6CC[C@H](N)C6)ccc5C4=O)c3n2)cc1.[HH].[HH].[HH].[HH].[HH].[HH].[HH].[HH]. The van der Waals surface area contributed by atoms with E-state index in [1.165, 1.54) is 0 Å². The molecule has 6 aromatic carbocycles. The maximum Gasteiger partial charge on any atom is 0.259 e. The van der Waals surface area contributed by atoms with Gasteiger partial charge < -0.3 is 50.9 Å². The molecule has 0 spiro atoms. The van der Waals surface area contributed by atoms with Gasteiger partial charge in [-0.05, 0) is 168 Å². The first kappa shape index (κ1) is 72.4. The molecule has 576 valence electrons. The Bertz CT molecular complexity index is 5960. The van der Waals surface area contributed by atoms with Gasteiger partial charge in [0.25, 0.3) is 17.7 Å². The van der Waals surface area contributed by atoms with Crippen LogP contribution in [0.15, 0.2) is 192 Å². The molecule has 5 aliphatic heterocycles. The summed E-state index contributed by atoms with van der Waals surface area (Å²) in [6.07, 6.45) is 13.8. The molecule has 0 saturated carbocycles. The summed E-state index contributed by atoms with van der Waals surface area (Å²) in [6.45, 7) is 14.8. The van der Waals surface area contributed by atoms with Crippen molar-refractivity contribution in [1.29, 1.82) is 0 Å². The molecule has 5 aliphatic rings. The minimum Gasteiger partial charge on any atom is -0.370 e. The Hall–Kier alpha value is -11.8. The van der Waals surface area contributed by atoms with Gasteiger partial charge in [0, 0.05) is 119 Å². The molecule has 18 rings (SSSR count). The van der Waals surface area contributed by atoms with E-state index < -0.39 is 45.3 Å². The lowest BCUT2D eigenvalue weighted by Crippen LogP contribution is -2.26.